The number of nitrogens with zero attached hydrogens (tertiary/aromatic N) is 16. The van der Waals surface area contributed by atoms with Gasteiger partial charge in [-0.2, -0.15) is 30.5 Å². The Bertz CT molecular complexity index is 6260. The minimum absolute atomic E-state index is 0.000406. The molecule has 12 amide bonds. The first kappa shape index (κ1) is 103. The highest BCUT2D eigenvalue weighted by atomic mass is 16.6. The largest absolute Gasteiger partial charge is 0.462 e. The van der Waals surface area contributed by atoms with Crippen LogP contribution in [0.2, 0.25) is 0 Å². The van der Waals surface area contributed by atoms with Crippen LogP contribution in [0.15, 0.2) is 115 Å². The number of hydrogen-bond acceptors (Lipinski definition) is 35. The number of likely N-dealkylation sites (N-methyl/N-ethyl adjacent to an activating group) is 2. The average Bonchev–Trinajstić information content (AvgIpc) is 1.46. The molecule has 147 heavy (non-hydrogen) atoms. The van der Waals surface area contributed by atoms with E-state index in [4.69, 9.17) is 77.8 Å². The number of piperazine rings is 2. The van der Waals surface area contributed by atoms with Crippen LogP contribution in [0.25, 0.3) is 21.5 Å². The van der Waals surface area contributed by atoms with Gasteiger partial charge in [0.1, 0.15) is 36.9 Å². The minimum atomic E-state index is -1.06. The molecule has 6 saturated heterocycles. The van der Waals surface area contributed by atoms with Gasteiger partial charge in [0, 0.05) is 154 Å². The lowest BCUT2D eigenvalue weighted by Crippen LogP contribution is -2.57. The van der Waals surface area contributed by atoms with Crippen LogP contribution >= 0.6 is 0 Å². The fourth-order valence-corrected chi connectivity index (χ4v) is 21.1. The van der Waals surface area contributed by atoms with Gasteiger partial charge in [0.05, 0.1) is 202 Å². The van der Waals surface area contributed by atoms with Crippen molar-refractivity contribution in [2.75, 3.05) is 247 Å². The van der Waals surface area contributed by atoms with Crippen molar-refractivity contribution in [2.24, 2.45) is 5.73 Å². The van der Waals surface area contributed by atoms with E-state index < -0.39 is 77.5 Å². The standard InChI is InChI=1S/C104H124N22O21/c1-117-60-73(144-53-51-142-49-47-140-44-42-138-40-32-109-82-16-8-14-80-92(82)100(134)126(98(80)132)88-22-24-90(128)114-96(88)130)56-71(117)64-146-102-112-84-63-120(34-28-77(84)93(115-102)121-35-37-123(101(107)135)69(58-121)25-29-105)86-18-6-11-67-55-68(19-20-76(67)86)110-104(136)124-38-36-122(59-70(124)26-30-106)94-78-27-33-119(85-17-5-10-66-9-3-4-12-75(66)85)62-83(78)111-103(116-94)147-65-72-57-74(61-118(72)2)145-54-52-143-50-48-141-46-45-139-43-41-137-39-31-108-81-15-7-13-79-91(81)99(133)125(97(79)131)87-21-23-89(127)113-95(87)129/h3-20,55,69-74,87-88,108-109H,21-28,31-54,56-65H2,1-2H3,(H2,107,135)(H,110,136)(H,113,127,129)(H,114,128,130)/t69-,70-,71-,72-,73+,74+,87?,88?/m0/s1. The molecule has 6 fully saturated rings. The molecule has 2 unspecified atom stereocenters. The predicted octanol–water partition coefficient (Wildman–Crippen LogP) is 5.90. The van der Waals surface area contributed by atoms with Gasteiger partial charge in [-0.25, -0.2) is 9.59 Å². The van der Waals surface area contributed by atoms with Crippen molar-refractivity contribution >= 4 is 121 Å². The molecule has 10 aliphatic heterocycles. The van der Waals surface area contributed by atoms with Crippen LogP contribution in [0.4, 0.5) is 49.7 Å². The molecule has 12 heterocycles. The number of imide groups is 4. The fourth-order valence-electron chi connectivity index (χ4n) is 21.1. The first-order valence-electron chi connectivity index (χ1n) is 50.5. The van der Waals surface area contributed by atoms with Gasteiger partial charge in [0.2, 0.25) is 23.6 Å². The van der Waals surface area contributed by atoms with E-state index in [9.17, 15) is 58.5 Å². The zero-order chi connectivity index (χ0) is 102. The van der Waals surface area contributed by atoms with Crippen LogP contribution in [0, 0.1) is 22.7 Å². The first-order chi connectivity index (χ1) is 71.7. The maximum atomic E-state index is 14.8. The number of benzene rings is 6. The Morgan fingerprint density at radius 3 is 1.34 bits per heavy atom. The lowest BCUT2D eigenvalue weighted by molar-refractivity contribution is -0.137. The van der Waals surface area contributed by atoms with Gasteiger partial charge in [0.15, 0.2) is 0 Å². The highest BCUT2D eigenvalue weighted by Crippen LogP contribution is 2.42. The molecule has 0 saturated carbocycles. The van der Waals surface area contributed by atoms with Crippen molar-refractivity contribution in [2.45, 2.75) is 126 Å². The van der Waals surface area contributed by atoms with Crippen molar-refractivity contribution in [3.63, 3.8) is 0 Å². The molecular formula is C104H124N22O21. The average molecular weight is 2020 g/mol. The maximum Gasteiger partial charge on any atom is 0.322 e. The summed E-state index contributed by atoms with van der Waals surface area (Å²) in [6.45, 7) is 12.6. The van der Waals surface area contributed by atoms with Gasteiger partial charge in [-0.15, -0.1) is 0 Å². The summed E-state index contributed by atoms with van der Waals surface area (Å²) < 4.78 is 66.3. The number of rotatable bonds is 46. The first-order valence-corrected chi connectivity index (χ1v) is 50.5. The van der Waals surface area contributed by atoms with E-state index >= 15 is 0 Å². The lowest BCUT2D eigenvalue weighted by Gasteiger charge is -2.42. The molecule has 7 N–H and O–H groups in total. The minimum Gasteiger partial charge on any atom is -0.462 e. The second-order valence-corrected chi connectivity index (χ2v) is 37.9. The van der Waals surface area contributed by atoms with Crippen molar-refractivity contribution in [3.8, 4) is 24.2 Å². The number of likely N-dealkylation sites (tertiary alicyclic amines) is 2. The third-order valence-electron chi connectivity index (χ3n) is 28.6. The zero-order valence-electron chi connectivity index (χ0n) is 82.6. The second kappa shape index (κ2) is 48.6. The zero-order valence-corrected chi connectivity index (χ0v) is 82.6. The number of nitrogens with one attached hydrogen (secondary N) is 5. The molecular weight excluding hydrogens is 1890 g/mol. The molecule has 43 heteroatoms. The van der Waals surface area contributed by atoms with Gasteiger partial charge >= 0.3 is 24.1 Å². The Balaban J connectivity index is 0.439. The molecule has 0 aliphatic carbocycles. The summed E-state index contributed by atoms with van der Waals surface area (Å²) in [6.07, 6.45) is 2.88. The number of anilines is 7. The Kier molecular flexibility index (Phi) is 34.0. The van der Waals surface area contributed by atoms with Gasteiger partial charge < -0.3 is 103 Å². The number of carbonyl (C=O) groups is 10. The number of nitriles is 2. The summed E-state index contributed by atoms with van der Waals surface area (Å²) in [5, 5.41) is 38.5. The summed E-state index contributed by atoms with van der Waals surface area (Å²) in [7, 11) is 4.09. The highest BCUT2D eigenvalue weighted by molar-refractivity contribution is 6.27. The highest BCUT2D eigenvalue weighted by Gasteiger charge is 2.49. The molecule has 8 atom stereocenters. The van der Waals surface area contributed by atoms with E-state index in [0.717, 1.165) is 77.5 Å². The molecule has 8 aromatic rings. The van der Waals surface area contributed by atoms with Crippen molar-refractivity contribution < 1.29 is 100 Å². The number of piperidine rings is 2. The molecule has 43 nitrogen and oxygen atoms in total. The maximum absolute atomic E-state index is 14.8. The summed E-state index contributed by atoms with van der Waals surface area (Å²) in [5.74, 6) is -3.10. The summed E-state index contributed by atoms with van der Waals surface area (Å²) in [4.78, 5) is 169. The third kappa shape index (κ3) is 24.3. The monoisotopic (exact) mass is 2020 g/mol. The molecule has 10 aliphatic rings. The van der Waals surface area contributed by atoms with Crippen molar-refractivity contribution in [1.82, 2.24) is 60.0 Å². The summed E-state index contributed by atoms with van der Waals surface area (Å²) >= 11 is 0. The van der Waals surface area contributed by atoms with Crippen LogP contribution in [0.3, 0.4) is 0 Å². The van der Waals surface area contributed by atoms with Crippen LogP contribution < -0.4 is 61.4 Å². The summed E-state index contributed by atoms with van der Waals surface area (Å²) in [6, 6.07) is 37.7. The quantitative estimate of drug-likeness (QED) is 0.0191. The van der Waals surface area contributed by atoms with Gasteiger partial charge in [0.25, 0.3) is 23.6 Å². The van der Waals surface area contributed by atoms with E-state index in [1.165, 1.54) is 0 Å². The van der Waals surface area contributed by atoms with E-state index in [1.54, 1.807) is 46.2 Å². The normalized spacial score (nSPS) is 21.1. The summed E-state index contributed by atoms with van der Waals surface area (Å²) in [5.41, 5.74) is 13.8. The Morgan fingerprint density at radius 2 is 0.871 bits per heavy atom. The number of carbonyl (C=O) groups excluding carboxylic acids is 10. The Hall–Kier alpha value is -14.0. The van der Waals surface area contributed by atoms with E-state index in [1.807, 2.05) is 43.4 Å². The molecule has 0 spiro atoms. The fraction of sp³-hybridized carbons (Fsp3) is 0.500. The molecule has 776 valence electrons. The van der Waals surface area contributed by atoms with E-state index in [2.05, 4.69) is 118 Å². The Labute approximate surface area is 850 Å². The second-order valence-electron chi connectivity index (χ2n) is 37.9. The Morgan fingerprint density at radius 1 is 0.442 bits per heavy atom. The van der Waals surface area contributed by atoms with Crippen LogP contribution in [0.1, 0.15) is 115 Å². The number of ether oxygens (including phenoxy) is 11. The van der Waals surface area contributed by atoms with E-state index in [-0.39, 0.29) is 116 Å². The SMILES string of the molecule is CN1C[C@H](OCCOCCOCCOCCNc2cccc3c2C(=O)N(C2CCC(=O)NC2=O)C3=O)C[C@H]1COc1nc2c(c(N3CCN(C(N)=O)[C@@H](CC#N)C3)n1)CCN(c1cccc3cc(NC(=O)N4CCN(c5nc(OC[C@@H]6C[C@@H](OCCOCCOCCOCCOCCNc7cccc8c7C(=O)N(C7CCC(=O)NC7=O)C8=O)CN6C)nc6c5CCN(c5cccc7ccccc57)C6)C[C@@H]4CC#N)ccc13)C2. The number of nitrogens with two attached hydrogens (primary N) is 1. The molecule has 18 rings (SSSR count). The lowest BCUT2D eigenvalue weighted by atomic mass is 10.0. The van der Waals surface area contributed by atoms with Crippen LogP contribution in [-0.2, 0) is 87.7 Å². The van der Waals surface area contributed by atoms with Crippen molar-refractivity contribution in [3.05, 3.63) is 160 Å². The topological polar surface area (TPSA) is 490 Å². The molecule has 0 radical (unpaired) electrons. The van der Waals surface area contributed by atoms with E-state index in [0.29, 0.717) is 239 Å². The third-order valence-corrected chi connectivity index (χ3v) is 28.6. The number of urea groups is 2. The number of hydrogen-bond donors (Lipinski definition) is 6. The van der Waals surface area contributed by atoms with Crippen molar-refractivity contribution in [1.29, 1.82) is 10.5 Å². The van der Waals surface area contributed by atoms with Crippen LogP contribution in [-0.4, -0.2) is 369 Å². The van der Waals surface area contributed by atoms with Gasteiger partial charge in [-0.05, 0) is 112 Å². The van der Waals surface area contributed by atoms with Gasteiger partial charge in [-0.3, -0.25) is 68.6 Å². The molecule has 6 aromatic carbocycles. The molecule has 2 aromatic heterocycles. The smallest absolute Gasteiger partial charge is 0.322 e. The number of primary amides is 1. The predicted molar refractivity (Wildman–Crippen MR) is 537 cm³/mol. The number of aromatic nitrogens is 4. The molecule has 0 bridgehead atoms. The number of amides is 12. The van der Waals surface area contributed by atoms with Gasteiger partial charge in [-0.1, -0.05) is 66.7 Å². The van der Waals surface area contributed by atoms with Crippen LogP contribution in [0.5, 0.6) is 12.0 Å². The number of fused-ring (bicyclic) bond motifs is 6.